The molecule has 0 aliphatic heterocycles. The van der Waals surface area contributed by atoms with Gasteiger partial charge >= 0.3 is 5.97 Å². The van der Waals surface area contributed by atoms with Gasteiger partial charge in [-0.05, 0) is 64.2 Å². The highest BCUT2D eigenvalue weighted by Gasteiger charge is 2.27. The van der Waals surface area contributed by atoms with Crippen LogP contribution in [0.4, 0.5) is 0 Å². The van der Waals surface area contributed by atoms with Crippen LogP contribution in [0.1, 0.15) is 66.4 Å². The topological polar surface area (TPSA) is 178 Å². The zero-order chi connectivity index (χ0) is 26.4. The number of nitrogens with zero attached hydrogens (tertiary/aromatic N) is 6. The first-order valence-corrected chi connectivity index (χ1v) is 11.8. The predicted molar refractivity (Wildman–Crippen MR) is 130 cm³/mol. The van der Waals surface area contributed by atoms with Gasteiger partial charge in [-0.3, -0.25) is 9.59 Å². The fourth-order valence-electron chi connectivity index (χ4n) is 4.62. The fraction of sp³-hybridized carbons (Fsp3) is 0.200. The molecule has 1 atom stereocenters. The number of aromatic nitrogens is 6. The summed E-state index contributed by atoms with van der Waals surface area (Å²) in [6, 6.07) is 11.3. The summed E-state index contributed by atoms with van der Waals surface area (Å²) in [7, 11) is 0. The first-order chi connectivity index (χ1) is 18.4. The highest BCUT2D eigenvalue weighted by Crippen LogP contribution is 2.32. The summed E-state index contributed by atoms with van der Waals surface area (Å²) in [5.41, 5.74) is 4.11. The number of hydrogen-bond acceptors (Lipinski definition) is 9. The Bertz CT molecular complexity index is 1760. The number of tetrazole rings is 1. The maximum Gasteiger partial charge on any atom is 0.335 e. The van der Waals surface area contributed by atoms with Gasteiger partial charge in [0.15, 0.2) is 11.5 Å². The van der Waals surface area contributed by atoms with Crippen LogP contribution in [0.5, 0.6) is 0 Å². The van der Waals surface area contributed by atoms with Crippen molar-refractivity contribution in [2.24, 2.45) is 0 Å². The van der Waals surface area contributed by atoms with E-state index in [0.29, 0.717) is 29.8 Å². The van der Waals surface area contributed by atoms with Crippen molar-refractivity contribution in [3.05, 3.63) is 82.0 Å². The van der Waals surface area contributed by atoms with Crippen LogP contribution in [0, 0.1) is 6.92 Å². The number of aryl methyl sites for hydroxylation is 2. The van der Waals surface area contributed by atoms with Gasteiger partial charge in [-0.15, -0.1) is 0 Å². The zero-order valence-corrected chi connectivity index (χ0v) is 20.0. The lowest BCUT2D eigenvalue weighted by atomic mass is 10.0. The maximum absolute atomic E-state index is 13.1. The Hall–Kier alpha value is -5.20. The minimum atomic E-state index is -1.00. The molecule has 0 spiro atoms. The van der Waals surface area contributed by atoms with Gasteiger partial charge in [0, 0.05) is 19.5 Å². The molecule has 6 rings (SSSR count). The highest BCUT2D eigenvalue weighted by atomic mass is 16.4. The smallest absolute Gasteiger partial charge is 0.335 e. The molecule has 0 radical (unpaired) electrons. The summed E-state index contributed by atoms with van der Waals surface area (Å²) in [5, 5.41) is 26.2. The molecule has 1 aliphatic rings. The van der Waals surface area contributed by atoms with Crippen molar-refractivity contribution in [3.8, 4) is 0 Å². The van der Waals surface area contributed by atoms with Gasteiger partial charge in [0.05, 0.1) is 11.6 Å². The number of nitrogens with one attached hydrogen (secondary N) is 2. The lowest BCUT2D eigenvalue weighted by molar-refractivity contribution is 0.0696. The van der Waals surface area contributed by atoms with Crippen molar-refractivity contribution in [2.75, 3.05) is 0 Å². The number of oxazole rings is 1. The van der Waals surface area contributed by atoms with Crippen molar-refractivity contribution in [2.45, 2.75) is 32.4 Å². The monoisotopic (exact) mass is 512 g/mol. The van der Waals surface area contributed by atoms with Gasteiger partial charge < -0.3 is 20.2 Å². The summed E-state index contributed by atoms with van der Waals surface area (Å²) in [6.45, 7) is 1.96. The molecule has 0 saturated carbocycles. The van der Waals surface area contributed by atoms with Crippen molar-refractivity contribution < 1.29 is 23.9 Å². The SMILES string of the molecule is Cc1nc2cc(CNC(=O)c3cc(C(=O)N[C@H]4CCc5cc(C(=O)O)ccc54)nc4nnnn34)ccc2o1. The molecule has 3 heterocycles. The third kappa shape index (κ3) is 4.19. The van der Waals surface area contributed by atoms with Crippen LogP contribution in [-0.2, 0) is 13.0 Å². The van der Waals surface area contributed by atoms with Crippen LogP contribution in [-0.4, -0.2) is 52.9 Å². The van der Waals surface area contributed by atoms with E-state index in [1.165, 1.54) is 12.1 Å². The molecule has 38 heavy (non-hydrogen) atoms. The minimum absolute atomic E-state index is 0.000198. The maximum atomic E-state index is 13.1. The summed E-state index contributed by atoms with van der Waals surface area (Å²) >= 11 is 0. The summed E-state index contributed by atoms with van der Waals surface area (Å²) in [4.78, 5) is 46.0. The fourth-order valence-corrected chi connectivity index (χ4v) is 4.62. The molecule has 0 saturated heterocycles. The molecule has 2 aromatic carbocycles. The normalized spacial score (nSPS) is 14.5. The number of carboxylic acids is 1. The van der Waals surface area contributed by atoms with E-state index in [4.69, 9.17) is 4.42 Å². The van der Waals surface area contributed by atoms with Gasteiger partial charge in [-0.25, -0.2) is 14.8 Å². The second kappa shape index (κ2) is 9.03. The molecule has 13 nitrogen and oxygen atoms in total. The Morgan fingerprint density at radius 2 is 1.97 bits per heavy atom. The molecule has 0 unspecified atom stereocenters. The van der Waals surface area contributed by atoms with E-state index in [-0.39, 0.29) is 35.3 Å². The van der Waals surface area contributed by atoms with E-state index < -0.39 is 17.8 Å². The standard InChI is InChI=1S/C25H20N8O5/c1-12-27-18-8-13(2-7-21(18)38-12)11-26-23(35)20-10-19(29-25-30-31-32-33(20)25)22(34)28-17-6-4-14-9-15(24(36)37)3-5-16(14)17/h2-3,5,7-10,17H,4,6,11H2,1H3,(H,26,35)(H,28,34)(H,36,37)/t17-/m0/s1. The highest BCUT2D eigenvalue weighted by molar-refractivity contribution is 5.98. The number of fused-ring (bicyclic) bond motifs is 3. The quantitative estimate of drug-likeness (QED) is 0.305. The molecule has 0 fully saturated rings. The Morgan fingerprint density at radius 3 is 2.82 bits per heavy atom. The van der Waals surface area contributed by atoms with E-state index in [0.717, 1.165) is 21.2 Å². The van der Waals surface area contributed by atoms with Gasteiger partial charge in [0.25, 0.3) is 17.6 Å². The van der Waals surface area contributed by atoms with Gasteiger partial charge in [-0.2, -0.15) is 4.52 Å². The van der Waals surface area contributed by atoms with Crippen molar-refractivity contribution in [3.63, 3.8) is 0 Å². The molecular formula is C25H20N8O5. The van der Waals surface area contributed by atoms with Crippen LogP contribution in [0.2, 0.25) is 0 Å². The summed E-state index contributed by atoms with van der Waals surface area (Å²) in [5.74, 6) is -1.45. The summed E-state index contributed by atoms with van der Waals surface area (Å²) < 4.78 is 6.64. The van der Waals surface area contributed by atoms with Gasteiger partial charge in [0.1, 0.15) is 16.9 Å². The first kappa shape index (κ1) is 23.2. The number of carbonyl (C=O) groups excluding carboxylic acids is 2. The van der Waals surface area contributed by atoms with E-state index in [9.17, 15) is 19.5 Å². The van der Waals surface area contributed by atoms with Crippen LogP contribution in [0.3, 0.4) is 0 Å². The Labute approximate surface area is 213 Å². The van der Waals surface area contributed by atoms with Crippen molar-refractivity contribution >= 4 is 34.7 Å². The molecule has 5 aromatic rings. The van der Waals surface area contributed by atoms with Crippen molar-refractivity contribution in [1.29, 1.82) is 0 Å². The largest absolute Gasteiger partial charge is 0.478 e. The van der Waals surface area contributed by atoms with E-state index >= 15 is 0 Å². The molecule has 3 aromatic heterocycles. The number of hydrogen-bond donors (Lipinski definition) is 3. The molecule has 1 aliphatic carbocycles. The Morgan fingerprint density at radius 1 is 1.11 bits per heavy atom. The van der Waals surface area contributed by atoms with E-state index in [1.54, 1.807) is 25.1 Å². The minimum Gasteiger partial charge on any atom is -0.478 e. The van der Waals surface area contributed by atoms with Crippen LogP contribution in [0.25, 0.3) is 16.9 Å². The van der Waals surface area contributed by atoms with E-state index in [1.807, 2.05) is 12.1 Å². The van der Waals surface area contributed by atoms with Crippen LogP contribution < -0.4 is 10.6 Å². The number of rotatable bonds is 6. The number of carbonyl (C=O) groups is 3. The lowest BCUT2D eigenvalue weighted by Gasteiger charge is -2.14. The average molecular weight is 512 g/mol. The van der Waals surface area contributed by atoms with Crippen LogP contribution in [0.15, 0.2) is 46.9 Å². The average Bonchev–Trinajstić information content (AvgIpc) is 3.63. The third-order valence-corrected chi connectivity index (χ3v) is 6.43. The van der Waals surface area contributed by atoms with Gasteiger partial charge in [0.2, 0.25) is 0 Å². The van der Waals surface area contributed by atoms with E-state index in [2.05, 4.69) is 36.1 Å². The second-order valence-electron chi connectivity index (χ2n) is 8.92. The Balaban J connectivity index is 1.21. The van der Waals surface area contributed by atoms with Gasteiger partial charge in [-0.1, -0.05) is 17.2 Å². The third-order valence-electron chi connectivity index (χ3n) is 6.43. The number of carboxylic acid groups (broad SMARTS) is 1. The lowest BCUT2D eigenvalue weighted by Crippen LogP contribution is -2.30. The first-order valence-electron chi connectivity index (χ1n) is 11.8. The molecule has 13 heteroatoms. The molecular weight excluding hydrogens is 492 g/mol. The number of aromatic carboxylic acids is 1. The second-order valence-corrected chi connectivity index (χ2v) is 8.92. The van der Waals surface area contributed by atoms with Crippen molar-refractivity contribution in [1.82, 2.24) is 40.6 Å². The van der Waals surface area contributed by atoms with Crippen LogP contribution >= 0.6 is 0 Å². The predicted octanol–water partition coefficient (Wildman–Crippen LogP) is 2.01. The number of amides is 2. The molecule has 0 bridgehead atoms. The zero-order valence-electron chi connectivity index (χ0n) is 20.0. The Kier molecular flexibility index (Phi) is 5.52. The molecule has 2 amide bonds. The number of benzene rings is 2. The molecule has 190 valence electrons. The summed E-state index contributed by atoms with van der Waals surface area (Å²) in [6.07, 6.45) is 1.25. The molecule has 3 N–H and O–H groups in total.